The summed E-state index contributed by atoms with van der Waals surface area (Å²) >= 11 is 0. The molecule has 0 unspecified atom stereocenters. The van der Waals surface area contributed by atoms with Crippen molar-refractivity contribution in [1.82, 2.24) is 4.98 Å². The van der Waals surface area contributed by atoms with Gasteiger partial charge in [-0.05, 0) is 50.1 Å². The number of hydrogen-bond donors (Lipinski definition) is 1. The van der Waals surface area contributed by atoms with Gasteiger partial charge >= 0.3 is 5.97 Å². The number of ether oxygens (including phenoxy) is 2. The van der Waals surface area contributed by atoms with Gasteiger partial charge in [0.1, 0.15) is 23.9 Å². The number of nitrogens with zero attached hydrogens (tertiary/aromatic N) is 1. The monoisotopic (exact) mass is 352 g/mol. The summed E-state index contributed by atoms with van der Waals surface area (Å²) in [5.41, 5.74) is 3.74. The van der Waals surface area contributed by atoms with Crippen LogP contribution in [0.5, 0.6) is 11.5 Å². The molecule has 1 N–H and O–H groups in total. The lowest BCUT2D eigenvalue weighted by molar-refractivity contribution is -0.132. The van der Waals surface area contributed by atoms with Crippen LogP contribution in [0.3, 0.4) is 0 Å². The topological polar surface area (TPSA) is 77.5 Å². The SMILES string of the molecule is CC(=O)Oc1c(C)c(C)c2c(c1C)C=C(C(=O)Nc1ccccn1)CO2. The van der Waals surface area contributed by atoms with E-state index in [4.69, 9.17) is 9.47 Å². The highest BCUT2D eigenvalue weighted by Gasteiger charge is 2.25. The molecule has 2 heterocycles. The number of carbonyl (C=O) groups is 2. The molecule has 2 aromatic rings. The molecule has 0 saturated heterocycles. The first-order valence-corrected chi connectivity index (χ1v) is 8.26. The maximum atomic E-state index is 12.5. The summed E-state index contributed by atoms with van der Waals surface area (Å²) in [5, 5.41) is 2.75. The second-order valence-electron chi connectivity index (χ2n) is 6.17. The van der Waals surface area contributed by atoms with Crippen LogP contribution < -0.4 is 14.8 Å². The fraction of sp³-hybridized carbons (Fsp3) is 0.250. The molecule has 0 bridgehead atoms. The van der Waals surface area contributed by atoms with E-state index in [9.17, 15) is 9.59 Å². The standard InChI is InChI=1S/C20H20N2O4/c1-11-12(2)19-16(13(3)18(11)26-14(4)23)9-15(10-25-19)20(24)22-17-7-5-6-8-21-17/h5-9H,10H2,1-4H3,(H,21,22,24). The molecule has 3 rings (SSSR count). The summed E-state index contributed by atoms with van der Waals surface area (Å²) < 4.78 is 11.2. The predicted octanol–water partition coefficient (Wildman–Crippen LogP) is 3.35. The van der Waals surface area contributed by atoms with Gasteiger partial charge < -0.3 is 14.8 Å². The average molecular weight is 352 g/mol. The summed E-state index contributed by atoms with van der Waals surface area (Å²) in [6.07, 6.45) is 3.39. The molecule has 1 aromatic carbocycles. The third kappa shape index (κ3) is 3.31. The van der Waals surface area contributed by atoms with Crippen molar-refractivity contribution in [3.63, 3.8) is 0 Å². The first-order valence-electron chi connectivity index (χ1n) is 8.26. The number of nitrogens with one attached hydrogen (secondary N) is 1. The van der Waals surface area contributed by atoms with Crippen molar-refractivity contribution in [1.29, 1.82) is 0 Å². The van der Waals surface area contributed by atoms with E-state index in [1.807, 2.05) is 20.8 Å². The van der Waals surface area contributed by atoms with Gasteiger partial charge in [0.15, 0.2) is 0 Å². The van der Waals surface area contributed by atoms with E-state index in [0.29, 0.717) is 22.9 Å². The zero-order chi connectivity index (χ0) is 18.8. The molecule has 0 aliphatic carbocycles. The van der Waals surface area contributed by atoms with Gasteiger partial charge in [0.05, 0.1) is 5.57 Å². The van der Waals surface area contributed by atoms with E-state index >= 15 is 0 Å². The molecule has 134 valence electrons. The van der Waals surface area contributed by atoms with Gasteiger partial charge in [-0.3, -0.25) is 9.59 Å². The van der Waals surface area contributed by atoms with E-state index in [-0.39, 0.29) is 18.5 Å². The number of carbonyl (C=O) groups excluding carboxylic acids is 2. The van der Waals surface area contributed by atoms with Gasteiger partial charge in [-0.2, -0.15) is 0 Å². The number of hydrogen-bond acceptors (Lipinski definition) is 5. The molecular formula is C20H20N2O4. The molecular weight excluding hydrogens is 332 g/mol. The highest BCUT2D eigenvalue weighted by atomic mass is 16.5. The Morgan fingerprint density at radius 3 is 2.58 bits per heavy atom. The van der Waals surface area contributed by atoms with Crippen LogP contribution in [0.2, 0.25) is 0 Å². The van der Waals surface area contributed by atoms with E-state index in [1.165, 1.54) is 6.92 Å². The Labute approximate surface area is 151 Å². The maximum absolute atomic E-state index is 12.5. The number of amides is 1. The summed E-state index contributed by atoms with van der Waals surface area (Å²) in [4.78, 5) is 28.0. The van der Waals surface area contributed by atoms with Crippen LogP contribution in [0, 0.1) is 20.8 Å². The largest absolute Gasteiger partial charge is 0.488 e. The molecule has 0 saturated carbocycles. The molecule has 6 heteroatoms. The second-order valence-corrected chi connectivity index (χ2v) is 6.17. The van der Waals surface area contributed by atoms with Crippen molar-refractivity contribution in [3.05, 3.63) is 52.2 Å². The van der Waals surface area contributed by atoms with Crippen molar-refractivity contribution in [3.8, 4) is 11.5 Å². The van der Waals surface area contributed by atoms with Crippen LogP contribution in [0.15, 0.2) is 30.0 Å². The molecule has 0 fully saturated rings. The van der Waals surface area contributed by atoms with Gasteiger partial charge in [-0.25, -0.2) is 4.98 Å². The maximum Gasteiger partial charge on any atom is 0.308 e. The summed E-state index contributed by atoms with van der Waals surface area (Å²) in [5.74, 6) is 1.04. The van der Waals surface area contributed by atoms with Crippen LogP contribution in [0.1, 0.15) is 29.2 Å². The van der Waals surface area contributed by atoms with Crippen LogP contribution in [0.25, 0.3) is 6.08 Å². The summed E-state index contributed by atoms with van der Waals surface area (Å²) in [6.45, 7) is 7.18. The minimum atomic E-state index is -0.385. The number of rotatable bonds is 3. The Bertz CT molecular complexity index is 917. The van der Waals surface area contributed by atoms with Crippen LogP contribution in [0.4, 0.5) is 5.82 Å². The summed E-state index contributed by atoms with van der Waals surface area (Å²) in [6, 6.07) is 5.29. The quantitative estimate of drug-likeness (QED) is 0.677. The number of aromatic nitrogens is 1. The first-order chi connectivity index (χ1) is 12.4. The number of esters is 1. The van der Waals surface area contributed by atoms with Gasteiger partial charge in [-0.15, -0.1) is 0 Å². The summed E-state index contributed by atoms with van der Waals surface area (Å²) in [7, 11) is 0. The predicted molar refractivity (Wildman–Crippen MR) is 98.3 cm³/mol. The van der Waals surface area contributed by atoms with Crippen molar-refractivity contribution in [2.45, 2.75) is 27.7 Å². The molecule has 0 spiro atoms. The van der Waals surface area contributed by atoms with Gasteiger partial charge in [0.25, 0.3) is 5.91 Å². The average Bonchev–Trinajstić information content (AvgIpc) is 2.63. The van der Waals surface area contributed by atoms with Crippen LogP contribution in [-0.4, -0.2) is 23.5 Å². The molecule has 1 amide bonds. The number of pyridine rings is 1. The Hall–Kier alpha value is -3.15. The third-order valence-electron chi connectivity index (χ3n) is 4.37. The van der Waals surface area contributed by atoms with Crippen molar-refractivity contribution < 1.29 is 19.1 Å². The van der Waals surface area contributed by atoms with Crippen molar-refractivity contribution >= 4 is 23.8 Å². The zero-order valence-electron chi connectivity index (χ0n) is 15.2. The number of fused-ring (bicyclic) bond motifs is 1. The van der Waals surface area contributed by atoms with E-state index in [1.54, 1.807) is 30.5 Å². The minimum absolute atomic E-state index is 0.165. The molecule has 1 aliphatic heterocycles. The fourth-order valence-corrected chi connectivity index (χ4v) is 2.90. The third-order valence-corrected chi connectivity index (χ3v) is 4.37. The van der Waals surface area contributed by atoms with E-state index in [2.05, 4.69) is 10.3 Å². The lowest BCUT2D eigenvalue weighted by atomic mass is 9.94. The highest BCUT2D eigenvalue weighted by Crippen LogP contribution is 2.41. The smallest absolute Gasteiger partial charge is 0.308 e. The van der Waals surface area contributed by atoms with Gasteiger partial charge in [0.2, 0.25) is 0 Å². The normalized spacial score (nSPS) is 12.5. The van der Waals surface area contributed by atoms with Crippen molar-refractivity contribution in [2.75, 3.05) is 11.9 Å². The van der Waals surface area contributed by atoms with E-state index < -0.39 is 0 Å². The molecule has 1 aliphatic rings. The van der Waals surface area contributed by atoms with Gasteiger partial charge in [-0.1, -0.05) is 6.07 Å². The Kier molecular flexibility index (Phi) is 4.75. The molecule has 0 atom stereocenters. The fourth-order valence-electron chi connectivity index (χ4n) is 2.90. The van der Waals surface area contributed by atoms with Crippen LogP contribution in [-0.2, 0) is 9.59 Å². The van der Waals surface area contributed by atoms with E-state index in [0.717, 1.165) is 22.3 Å². The second kappa shape index (κ2) is 7.00. The lowest BCUT2D eigenvalue weighted by Gasteiger charge is -2.24. The first kappa shape index (κ1) is 17.7. The number of benzene rings is 1. The molecule has 1 aromatic heterocycles. The zero-order valence-corrected chi connectivity index (χ0v) is 15.2. The highest BCUT2D eigenvalue weighted by molar-refractivity contribution is 6.07. The lowest BCUT2D eigenvalue weighted by Crippen LogP contribution is -2.22. The Morgan fingerprint density at radius 1 is 1.15 bits per heavy atom. The molecule has 26 heavy (non-hydrogen) atoms. The Balaban J connectivity index is 1.99. The van der Waals surface area contributed by atoms with Gasteiger partial charge in [0, 0.05) is 24.2 Å². The Morgan fingerprint density at radius 2 is 1.92 bits per heavy atom. The molecule has 0 radical (unpaired) electrons. The van der Waals surface area contributed by atoms with Crippen molar-refractivity contribution in [2.24, 2.45) is 0 Å². The molecule has 6 nitrogen and oxygen atoms in total. The van der Waals surface area contributed by atoms with Crippen LogP contribution >= 0.6 is 0 Å². The minimum Gasteiger partial charge on any atom is -0.488 e. The number of anilines is 1.